The highest BCUT2D eigenvalue weighted by molar-refractivity contribution is 5.54. The van der Waals surface area contributed by atoms with Crippen molar-refractivity contribution in [2.75, 3.05) is 5.32 Å². The van der Waals surface area contributed by atoms with Crippen LogP contribution in [-0.2, 0) is 19.2 Å². The molecule has 3 aromatic rings. The maximum Gasteiger partial charge on any atom is 0.423 e. The molecule has 0 aliphatic heterocycles. The topological polar surface area (TPSA) is 47.0 Å². The third-order valence-electron chi connectivity index (χ3n) is 4.56. The Morgan fingerprint density at radius 2 is 1.67 bits per heavy atom. The second kappa shape index (κ2) is 10.1. The van der Waals surface area contributed by atoms with E-state index in [0.29, 0.717) is 5.69 Å². The van der Waals surface area contributed by atoms with Crippen LogP contribution in [0.2, 0.25) is 0 Å². The van der Waals surface area contributed by atoms with Gasteiger partial charge in [-0.05, 0) is 36.1 Å². The second-order valence-electron chi connectivity index (χ2n) is 6.96. The number of halogens is 3. The fraction of sp³-hybridized carbons (Fsp3) is 0.304. The number of hydrogen-bond acceptors (Lipinski definition) is 4. The predicted octanol–water partition coefficient (Wildman–Crippen LogP) is 6.55. The molecule has 0 unspecified atom stereocenters. The van der Waals surface area contributed by atoms with Crippen molar-refractivity contribution < 1.29 is 17.9 Å². The lowest BCUT2D eigenvalue weighted by atomic mass is 10.1. The van der Waals surface area contributed by atoms with Gasteiger partial charge in [0.15, 0.2) is 0 Å². The molecule has 0 spiro atoms. The number of nitrogens with one attached hydrogen (secondary N) is 1. The first-order valence-corrected chi connectivity index (χ1v) is 9.92. The van der Waals surface area contributed by atoms with E-state index in [2.05, 4.69) is 22.2 Å². The first kappa shape index (κ1) is 21.6. The number of aromatic nitrogens is 2. The minimum Gasteiger partial charge on any atom is -0.472 e. The zero-order chi connectivity index (χ0) is 21.4. The lowest BCUT2D eigenvalue weighted by molar-refractivity contribution is -0.139. The molecule has 0 saturated carbocycles. The van der Waals surface area contributed by atoms with Gasteiger partial charge in [-0.25, -0.2) is 4.98 Å². The fourth-order valence-corrected chi connectivity index (χ4v) is 2.92. The van der Waals surface area contributed by atoms with Crippen molar-refractivity contribution in [3.63, 3.8) is 0 Å². The Morgan fingerprint density at radius 3 is 2.33 bits per heavy atom. The van der Waals surface area contributed by atoms with Crippen molar-refractivity contribution in [2.45, 2.75) is 45.4 Å². The molecular weight excluding hydrogens is 391 g/mol. The summed E-state index contributed by atoms with van der Waals surface area (Å²) in [5.74, 6) is -0.454. The van der Waals surface area contributed by atoms with E-state index in [4.69, 9.17) is 4.74 Å². The van der Waals surface area contributed by atoms with Gasteiger partial charge in [-0.15, -0.1) is 0 Å². The summed E-state index contributed by atoms with van der Waals surface area (Å²) in [6.45, 7) is 2.14. The number of nitrogens with zero attached hydrogens (tertiary/aromatic N) is 2. The monoisotopic (exact) mass is 415 g/mol. The third kappa shape index (κ3) is 6.20. The van der Waals surface area contributed by atoms with E-state index in [1.807, 2.05) is 30.3 Å². The van der Waals surface area contributed by atoms with Crippen molar-refractivity contribution >= 4 is 11.6 Å². The lowest BCUT2D eigenvalue weighted by Crippen LogP contribution is -2.12. The molecule has 7 heteroatoms. The molecule has 0 saturated heterocycles. The number of hydrogen-bond donors (Lipinski definition) is 1. The van der Waals surface area contributed by atoms with Crippen LogP contribution in [-0.4, -0.2) is 9.97 Å². The summed E-state index contributed by atoms with van der Waals surface area (Å²) in [7, 11) is 0. The van der Waals surface area contributed by atoms with E-state index >= 15 is 0 Å². The quantitative estimate of drug-likeness (QED) is 0.403. The highest BCUT2D eigenvalue weighted by atomic mass is 19.4. The van der Waals surface area contributed by atoms with Crippen LogP contribution in [0, 0.1) is 0 Å². The van der Waals surface area contributed by atoms with Crippen LogP contribution >= 0.6 is 0 Å². The van der Waals surface area contributed by atoms with Crippen molar-refractivity contribution in [3.8, 4) is 5.88 Å². The van der Waals surface area contributed by atoms with E-state index < -0.39 is 17.6 Å². The molecule has 0 atom stereocenters. The van der Waals surface area contributed by atoms with Crippen molar-refractivity contribution in [1.29, 1.82) is 0 Å². The van der Waals surface area contributed by atoms with Gasteiger partial charge >= 0.3 is 6.18 Å². The molecule has 0 aliphatic rings. The number of aryl methyl sites for hydroxylation is 1. The molecule has 30 heavy (non-hydrogen) atoms. The Kier molecular flexibility index (Phi) is 7.27. The summed E-state index contributed by atoms with van der Waals surface area (Å²) in [6, 6.07) is 16.7. The molecule has 1 heterocycles. The van der Waals surface area contributed by atoms with Crippen LogP contribution in [0.15, 0.2) is 60.8 Å². The van der Waals surface area contributed by atoms with Gasteiger partial charge in [-0.1, -0.05) is 62.2 Å². The van der Waals surface area contributed by atoms with Gasteiger partial charge in [0.2, 0.25) is 11.8 Å². The molecule has 2 aromatic carbocycles. The zero-order valence-corrected chi connectivity index (χ0v) is 16.7. The largest absolute Gasteiger partial charge is 0.472 e. The molecule has 158 valence electrons. The van der Waals surface area contributed by atoms with Crippen LogP contribution in [0.3, 0.4) is 0 Å². The number of benzene rings is 2. The van der Waals surface area contributed by atoms with Gasteiger partial charge in [0.1, 0.15) is 12.2 Å². The highest BCUT2D eigenvalue weighted by Crippen LogP contribution is 2.35. The van der Waals surface area contributed by atoms with Crippen molar-refractivity contribution in [3.05, 3.63) is 77.5 Å². The lowest BCUT2D eigenvalue weighted by Gasteiger charge is -2.14. The summed E-state index contributed by atoms with van der Waals surface area (Å²) in [6.07, 6.45) is 0.625. The van der Waals surface area contributed by atoms with E-state index in [9.17, 15) is 13.2 Å². The first-order chi connectivity index (χ1) is 14.5. The Labute approximate surface area is 174 Å². The van der Waals surface area contributed by atoms with Crippen molar-refractivity contribution in [2.24, 2.45) is 0 Å². The molecule has 3 rings (SSSR count). The van der Waals surface area contributed by atoms with Crippen LogP contribution < -0.4 is 10.1 Å². The SMILES string of the molecule is CCCCCc1ccc(Nc2ncc(C(F)(F)F)c(OCc3ccccc3)n2)cc1. The maximum absolute atomic E-state index is 13.3. The first-order valence-electron chi connectivity index (χ1n) is 9.92. The van der Waals surface area contributed by atoms with Gasteiger partial charge in [-0.2, -0.15) is 18.2 Å². The number of unbranched alkanes of at least 4 members (excludes halogenated alkanes) is 2. The number of ether oxygens (including phenoxy) is 1. The zero-order valence-electron chi connectivity index (χ0n) is 16.7. The molecule has 4 nitrogen and oxygen atoms in total. The van der Waals surface area contributed by atoms with E-state index in [1.54, 1.807) is 24.3 Å². The van der Waals surface area contributed by atoms with Crippen LogP contribution in [0.1, 0.15) is 42.9 Å². The summed E-state index contributed by atoms with van der Waals surface area (Å²) < 4.78 is 45.4. The average Bonchev–Trinajstić information content (AvgIpc) is 2.74. The minimum absolute atomic E-state index is 0.0210. The standard InChI is InChI=1S/C23H24F3N3O/c1-2-3-5-8-17-11-13-19(14-12-17)28-22-27-15-20(23(24,25)26)21(29-22)30-16-18-9-6-4-7-10-18/h4,6-7,9-15H,2-3,5,8,16H2,1H3,(H,27,28,29). The van der Waals surface area contributed by atoms with Crippen LogP contribution in [0.4, 0.5) is 24.8 Å². The average molecular weight is 415 g/mol. The Hall–Kier alpha value is -3.09. The predicted molar refractivity (Wildman–Crippen MR) is 111 cm³/mol. The molecule has 0 aliphatic carbocycles. The molecular formula is C23H24F3N3O. The van der Waals surface area contributed by atoms with E-state index in [-0.39, 0.29) is 12.6 Å². The Bertz CT molecular complexity index is 929. The molecule has 0 fully saturated rings. The van der Waals surface area contributed by atoms with Gasteiger partial charge in [0.25, 0.3) is 0 Å². The molecule has 1 N–H and O–H groups in total. The fourth-order valence-electron chi connectivity index (χ4n) is 2.92. The molecule has 0 amide bonds. The maximum atomic E-state index is 13.3. The second-order valence-corrected chi connectivity index (χ2v) is 6.96. The molecule has 0 radical (unpaired) electrons. The summed E-state index contributed by atoms with van der Waals surface area (Å²) in [4.78, 5) is 7.79. The van der Waals surface area contributed by atoms with Crippen LogP contribution in [0.5, 0.6) is 5.88 Å². The molecule has 0 bridgehead atoms. The smallest absolute Gasteiger partial charge is 0.423 e. The third-order valence-corrected chi connectivity index (χ3v) is 4.56. The summed E-state index contributed by atoms with van der Waals surface area (Å²) >= 11 is 0. The summed E-state index contributed by atoms with van der Waals surface area (Å²) in [5.41, 5.74) is 1.66. The van der Waals surface area contributed by atoms with Gasteiger partial charge in [0, 0.05) is 11.9 Å². The Balaban J connectivity index is 1.73. The Morgan fingerprint density at radius 1 is 0.933 bits per heavy atom. The van der Waals surface area contributed by atoms with E-state index in [0.717, 1.165) is 24.6 Å². The molecule has 1 aromatic heterocycles. The number of alkyl halides is 3. The minimum atomic E-state index is -4.61. The van der Waals surface area contributed by atoms with Gasteiger partial charge in [-0.3, -0.25) is 0 Å². The van der Waals surface area contributed by atoms with Gasteiger partial charge < -0.3 is 10.1 Å². The highest BCUT2D eigenvalue weighted by Gasteiger charge is 2.36. The van der Waals surface area contributed by atoms with Crippen LogP contribution in [0.25, 0.3) is 0 Å². The normalized spacial score (nSPS) is 11.3. The number of anilines is 2. The number of rotatable bonds is 9. The van der Waals surface area contributed by atoms with Gasteiger partial charge in [0.05, 0.1) is 0 Å². The van der Waals surface area contributed by atoms with E-state index in [1.165, 1.54) is 18.4 Å². The van der Waals surface area contributed by atoms with Crippen molar-refractivity contribution in [1.82, 2.24) is 9.97 Å². The summed E-state index contributed by atoms with van der Waals surface area (Å²) in [5, 5.41) is 2.95.